The van der Waals surface area contributed by atoms with Crippen LogP contribution in [0.25, 0.3) is 20.2 Å². The molecule has 0 aliphatic heterocycles. The third kappa shape index (κ3) is 7.25. The maximum Gasteiger partial charge on any atom is 0.251 e. The van der Waals surface area contributed by atoms with Gasteiger partial charge in [-0.15, -0.1) is 22.7 Å². The van der Waals surface area contributed by atoms with Crippen molar-refractivity contribution in [3.8, 4) is 0 Å². The minimum Gasteiger partial charge on any atom is -0.349 e. The van der Waals surface area contributed by atoms with E-state index >= 15 is 0 Å². The second-order valence-electron chi connectivity index (χ2n) is 8.37. The standard InChI is InChI=1S/C27H27FN4O3S2.CH5N/c1-2-32(22(9-10-28)27(35)30-14-19-11-17(13-29)16-36-19)25(33)15-31-26(34)18-7-8-24-21(12-18)20-5-3-4-6-23(20)37-24;1-2/h3-8,11-13,16,22,29H,2,9-10,14-15H2,1H3,(H,30,35)(H,31,34);2H2,1H3. The molecule has 4 aromatic rings. The molecule has 1 atom stereocenters. The molecule has 39 heavy (non-hydrogen) atoms. The number of hydrogen-bond donors (Lipinski definition) is 4. The summed E-state index contributed by atoms with van der Waals surface area (Å²) >= 11 is 3.06. The molecule has 0 saturated heterocycles. The maximum absolute atomic E-state index is 13.3. The average Bonchev–Trinajstić information content (AvgIpc) is 3.59. The van der Waals surface area contributed by atoms with Crippen molar-refractivity contribution in [1.29, 1.82) is 5.41 Å². The van der Waals surface area contributed by atoms with E-state index < -0.39 is 30.4 Å². The Morgan fingerprint density at radius 1 is 1.08 bits per heavy atom. The zero-order chi connectivity index (χ0) is 28.4. The molecule has 0 fully saturated rings. The summed E-state index contributed by atoms with van der Waals surface area (Å²) in [6, 6.07) is 14.2. The molecule has 11 heteroatoms. The van der Waals surface area contributed by atoms with Crippen LogP contribution in [-0.2, 0) is 16.1 Å². The van der Waals surface area contributed by atoms with Gasteiger partial charge in [0.2, 0.25) is 11.8 Å². The van der Waals surface area contributed by atoms with E-state index in [1.807, 2.05) is 36.4 Å². The van der Waals surface area contributed by atoms with Gasteiger partial charge >= 0.3 is 0 Å². The van der Waals surface area contributed by atoms with Crippen molar-refractivity contribution in [2.45, 2.75) is 25.9 Å². The molecule has 2 aromatic carbocycles. The van der Waals surface area contributed by atoms with Crippen LogP contribution >= 0.6 is 22.7 Å². The molecular weight excluding hydrogens is 537 g/mol. The number of hydrogen-bond acceptors (Lipinski definition) is 7. The van der Waals surface area contributed by atoms with Crippen LogP contribution in [0.1, 0.15) is 34.1 Å². The fourth-order valence-electron chi connectivity index (χ4n) is 4.19. The van der Waals surface area contributed by atoms with E-state index in [1.54, 1.807) is 35.8 Å². The number of rotatable bonds is 11. The molecule has 8 nitrogen and oxygen atoms in total. The van der Waals surface area contributed by atoms with Crippen LogP contribution in [0.4, 0.5) is 4.39 Å². The number of carbonyl (C=O) groups excluding carboxylic acids is 3. The highest BCUT2D eigenvalue weighted by Crippen LogP contribution is 2.34. The van der Waals surface area contributed by atoms with Crippen molar-refractivity contribution in [3.63, 3.8) is 0 Å². The van der Waals surface area contributed by atoms with Crippen molar-refractivity contribution in [3.05, 3.63) is 69.9 Å². The Kier molecular flexibility index (Phi) is 11.1. The molecule has 5 N–H and O–H groups in total. The number of halogens is 1. The van der Waals surface area contributed by atoms with Gasteiger partial charge in [-0.1, -0.05) is 18.2 Å². The molecule has 2 aromatic heterocycles. The van der Waals surface area contributed by atoms with E-state index in [9.17, 15) is 18.8 Å². The number of fused-ring (bicyclic) bond motifs is 3. The number of alkyl halides is 1. The number of likely N-dealkylation sites (N-methyl/N-ethyl adjacent to an activating group) is 1. The summed E-state index contributed by atoms with van der Waals surface area (Å²) in [5.41, 5.74) is 5.67. The lowest BCUT2D eigenvalue weighted by Crippen LogP contribution is -2.52. The maximum atomic E-state index is 13.3. The molecule has 0 aliphatic carbocycles. The number of carbonyl (C=O) groups is 3. The van der Waals surface area contributed by atoms with Gasteiger partial charge in [-0.2, -0.15) is 0 Å². The smallest absolute Gasteiger partial charge is 0.251 e. The molecule has 3 amide bonds. The summed E-state index contributed by atoms with van der Waals surface area (Å²) in [5.74, 6) is -1.32. The Morgan fingerprint density at radius 2 is 1.82 bits per heavy atom. The number of thiophene rings is 2. The first-order valence-electron chi connectivity index (χ1n) is 12.4. The number of amides is 3. The molecule has 1 unspecified atom stereocenters. The predicted molar refractivity (Wildman–Crippen MR) is 158 cm³/mol. The molecule has 206 valence electrons. The number of nitrogens with two attached hydrogens (primary N) is 1. The van der Waals surface area contributed by atoms with Crippen LogP contribution in [0.3, 0.4) is 0 Å². The Morgan fingerprint density at radius 3 is 2.51 bits per heavy atom. The Bertz CT molecular complexity index is 1450. The molecule has 0 saturated carbocycles. The first-order valence-corrected chi connectivity index (χ1v) is 14.1. The van der Waals surface area contributed by atoms with Crippen LogP contribution in [0.2, 0.25) is 0 Å². The van der Waals surface area contributed by atoms with Gasteiger partial charge in [0.25, 0.3) is 5.91 Å². The molecule has 0 radical (unpaired) electrons. The summed E-state index contributed by atoms with van der Waals surface area (Å²) in [7, 11) is 1.50. The second kappa shape index (κ2) is 14.5. The van der Waals surface area contributed by atoms with Crippen LogP contribution < -0.4 is 16.4 Å². The van der Waals surface area contributed by atoms with E-state index in [4.69, 9.17) is 5.41 Å². The monoisotopic (exact) mass is 569 g/mol. The minimum absolute atomic E-state index is 0.141. The van der Waals surface area contributed by atoms with Crippen LogP contribution in [0, 0.1) is 5.41 Å². The van der Waals surface area contributed by atoms with E-state index in [2.05, 4.69) is 16.4 Å². The molecule has 0 bridgehead atoms. The fraction of sp³-hybridized carbons (Fsp3) is 0.286. The zero-order valence-corrected chi connectivity index (χ0v) is 23.5. The Balaban J connectivity index is 0.00000205. The van der Waals surface area contributed by atoms with Gasteiger partial charge in [-0.3, -0.25) is 18.8 Å². The van der Waals surface area contributed by atoms with Gasteiger partial charge in [0.05, 0.1) is 19.8 Å². The van der Waals surface area contributed by atoms with Gasteiger partial charge in [-0.25, -0.2) is 0 Å². The normalized spacial score (nSPS) is 11.4. The quantitative estimate of drug-likeness (QED) is 0.201. The number of benzene rings is 2. The fourth-order valence-corrected chi connectivity index (χ4v) is 6.06. The Hall–Kier alpha value is -3.67. The van der Waals surface area contributed by atoms with Crippen molar-refractivity contribution in [1.82, 2.24) is 15.5 Å². The lowest BCUT2D eigenvalue weighted by Gasteiger charge is -2.29. The summed E-state index contributed by atoms with van der Waals surface area (Å²) in [6.45, 7) is 1.06. The van der Waals surface area contributed by atoms with Crippen molar-refractivity contribution >= 4 is 66.8 Å². The largest absolute Gasteiger partial charge is 0.349 e. The minimum atomic E-state index is -0.991. The third-order valence-electron chi connectivity index (χ3n) is 6.04. The van der Waals surface area contributed by atoms with Crippen LogP contribution in [-0.4, -0.2) is 61.7 Å². The van der Waals surface area contributed by atoms with Gasteiger partial charge in [0, 0.05) is 55.4 Å². The summed E-state index contributed by atoms with van der Waals surface area (Å²) in [6.07, 6.45) is 1.08. The summed E-state index contributed by atoms with van der Waals surface area (Å²) < 4.78 is 15.5. The van der Waals surface area contributed by atoms with E-state index in [1.165, 1.54) is 29.5 Å². The SMILES string of the molecule is CCN(C(=O)CNC(=O)c1ccc2sc3ccccc3c2c1)C(CCF)C(=O)NCc1cc(C=N)cs1.CN. The second-order valence-corrected chi connectivity index (χ2v) is 10.5. The summed E-state index contributed by atoms with van der Waals surface area (Å²) in [5, 5.41) is 16.6. The van der Waals surface area contributed by atoms with Gasteiger partial charge in [-0.05, 0) is 49.7 Å². The highest BCUT2D eigenvalue weighted by Gasteiger charge is 2.28. The zero-order valence-electron chi connectivity index (χ0n) is 21.8. The van der Waals surface area contributed by atoms with Crippen molar-refractivity contribution in [2.24, 2.45) is 5.73 Å². The van der Waals surface area contributed by atoms with Crippen LogP contribution in [0.5, 0.6) is 0 Å². The molecular formula is C28H32FN5O3S2. The molecule has 2 heterocycles. The molecule has 0 aliphatic rings. The summed E-state index contributed by atoms with van der Waals surface area (Å²) in [4.78, 5) is 40.8. The van der Waals surface area contributed by atoms with Gasteiger partial charge in [0.15, 0.2) is 0 Å². The van der Waals surface area contributed by atoms with Gasteiger partial charge in [0.1, 0.15) is 6.04 Å². The topological polar surface area (TPSA) is 128 Å². The lowest BCUT2D eigenvalue weighted by atomic mass is 10.1. The van der Waals surface area contributed by atoms with E-state index in [0.717, 1.165) is 30.6 Å². The predicted octanol–water partition coefficient (Wildman–Crippen LogP) is 4.31. The van der Waals surface area contributed by atoms with Gasteiger partial charge < -0.3 is 26.7 Å². The third-order valence-corrected chi connectivity index (χ3v) is 8.15. The highest BCUT2D eigenvalue weighted by atomic mass is 32.1. The highest BCUT2D eigenvalue weighted by molar-refractivity contribution is 7.25. The number of nitrogens with zero attached hydrogens (tertiary/aromatic N) is 1. The average molecular weight is 570 g/mol. The first kappa shape index (κ1) is 29.9. The van der Waals surface area contributed by atoms with E-state index in [-0.39, 0.29) is 26.1 Å². The molecule has 0 spiro atoms. The van der Waals surface area contributed by atoms with Crippen molar-refractivity contribution < 1.29 is 18.8 Å². The number of nitrogens with one attached hydrogen (secondary N) is 3. The molecule has 4 rings (SSSR count). The van der Waals surface area contributed by atoms with Crippen LogP contribution in [0.15, 0.2) is 53.9 Å². The lowest BCUT2D eigenvalue weighted by molar-refractivity contribution is -0.140. The van der Waals surface area contributed by atoms with Crippen molar-refractivity contribution in [2.75, 3.05) is 26.8 Å². The Labute approximate surface area is 234 Å². The van der Waals surface area contributed by atoms with E-state index in [0.29, 0.717) is 5.56 Å². The first-order chi connectivity index (χ1) is 18.9.